The standard InChI is InChI=1S/C16H25NO11/c1-8-13(17-9(2)22)15(14(23)10(4-18)26-8)27-12(6-20)28-16(25-7-21)11(5-19)24-3/h5-8,10-16,18,23H,4H2,1-3H3,(H,17,22)/t8-,10?,11?,12+,13?,14-,15?,16?/m0/s1. The maximum absolute atomic E-state index is 11.5. The Labute approximate surface area is 161 Å². The molecular formula is C16H25NO11. The zero-order chi connectivity index (χ0) is 21.3. The fourth-order valence-electron chi connectivity index (χ4n) is 2.74. The van der Waals surface area contributed by atoms with Crippen LogP contribution in [0.4, 0.5) is 0 Å². The first-order chi connectivity index (χ1) is 13.3. The number of amides is 1. The Hall–Kier alpha value is -1.96. The van der Waals surface area contributed by atoms with Gasteiger partial charge in [-0.25, -0.2) is 0 Å². The summed E-state index contributed by atoms with van der Waals surface area (Å²) < 4.78 is 25.5. The molecule has 1 saturated heterocycles. The zero-order valence-corrected chi connectivity index (χ0v) is 15.6. The molecule has 0 radical (unpaired) electrons. The summed E-state index contributed by atoms with van der Waals surface area (Å²) >= 11 is 0. The van der Waals surface area contributed by atoms with E-state index in [0.717, 1.165) is 7.11 Å². The summed E-state index contributed by atoms with van der Waals surface area (Å²) in [5.41, 5.74) is 0. The van der Waals surface area contributed by atoms with Gasteiger partial charge in [0.15, 0.2) is 18.7 Å². The smallest absolute Gasteiger partial charge is 0.295 e. The molecule has 0 spiro atoms. The summed E-state index contributed by atoms with van der Waals surface area (Å²) in [6.45, 7) is 2.27. The number of hydrogen-bond acceptors (Lipinski definition) is 11. The van der Waals surface area contributed by atoms with E-state index in [1.165, 1.54) is 6.92 Å². The van der Waals surface area contributed by atoms with Crippen LogP contribution in [0.2, 0.25) is 0 Å². The van der Waals surface area contributed by atoms with Crippen LogP contribution < -0.4 is 5.32 Å². The summed E-state index contributed by atoms with van der Waals surface area (Å²) in [5.74, 6) is -0.449. The Morgan fingerprint density at radius 2 is 1.96 bits per heavy atom. The number of aliphatic hydroxyl groups excluding tert-OH is 2. The first-order valence-corrected chi connectivity index (χ1v) is 8.37. The molecule has 0 bridgehead atoms. The van der Waals surface area contributed by atoms with E-state index >= 15 is 0 Å². The van der Waals surface area contributed by atoms with Gasteiger partial charge in [0.2, 0.25) is 18.5 Å². The fraction of sp³-hybridized carbons (Fsp3) is 0.750. The van der Waals surface area contributed by atoms with Crippen LogP contribution >= 0.6 is 0 Å². The molecule has 5 unspecified atom stereocenters. The van der Waals surface area contributed by atoms with E-state index in [1.54, 1.807) is 6.92 Å². The minimum absolute atomic E-state index is 0.00464. The van der Waals surface area contributed by atoms with Crippen molar-refractivity contribution in [1.29, 1.82) is 0 Å². The Balaban J connectivity index is 3.02. The van der Waals surface area contributed by atoms with Gasteiger partial charge in [-0.15, -0.1) is 0 Å². The number of ether oxygens (including phenoxy) is 5. The quantitative estimate of drug-likeness (QED) is 0.227. The van der Waals surface area contributed by atoms with Crippen molar-refractivity contribution in [1.82, 2.24) is 5.32 Å². The van der Waals surface area contributed by atoms with Gasteiger partial charge >= 0.3 is 0 Å². The van der Waals surface area contributed by atoms with Crippen molar-refractivity contribution >= 4 is 25.0 Å². The van der Waals surface area contributed by atoms with Crippen LogP contribution in [0.1, 0.15) is 13.8 Å². The van der Waals surface area contributed by atoms with Crippen LogP contribution in [0.3, 0.4) is 0 Å². The van der Waals surface area contributed by atoms with Crippen LogP contribution in [0.5, 0.6) is 0 Å². The van der Waals surface area contributed by atoms with Crippen molar-refractivity contribution in [2.24, 2.45) is 0 Å². The molecule has 0 aliphatic carbocycles. The molecule has 1 aliphatic heterocycles. The zero-order valence-electron chi connectivity index (χ0n) is 15.6. The van der Waals surface area contributed by atoms with Gasteiger partial charge in [-0.2, -0.15) is 0 Å². The molecule has 12 nitrogen and oxygen atoms in total. The topological polar surface area (TPSA) is 167 Å². The SMILES string of the molecule is COC(C=O)C(OC=O)O[C@H](C=O)OC1C(NC(C)=O)[C@H](C)OC(CO)[C@@H]1O. The molecule has 1 fully saturated rings. The summed E-state index contributed by atoms with van der Waals surface area (Å²) in [4.78, 5) is 44.5. The average molecular weight is 407 g/mol. The van der Waals surface area contributed by atoms with Crippen molar-refractivity contribution in [3.63, 3.8) is 0 Å². The van der Waals surface area contributed by atoms with E-state index in [-0.39, 0.29) is 12.8 Å². The molecule has 1 amide bonds. The number of carbonyl (C=O) groups is 4. The van der Waals surface area contributed by atoms with Gasteiger partial charge < -0.3 is 44.0 Å². The molecule has 0 saturated carbocycles. The number of hydrogen-bond donors (Lipinski definition) is 3. The summed E-state index contributed by atoms with van der Waals surface area (Å²) in [6, 6.07) is -0.893. The predicted molar refractivity (Wildman–Crippen MR) is 88.6 cm³/mol. The average Bonchev–Trinajstić information content (AvgIpc) is 2.66. The van der Waals surface area contributed by atoms with Gasteiger partial charge in [0.25, 0.3) is 6.47 Å². The molecule has 0 aromatic heterocycles. The Kier molecular flexibility index (Phi) is 10.1. The van der Waals surface area contributed by atoms with Crippen LogP contribution in [0.15, 0.2) is 0 Å². The van der Waals surface area contributed by atoms with E-state index < -0.39 is 61.7 Å². The predicted octanol–water partition coefficient (Wildman–Crippen LogP) is -2.73. The van der Waals surface area contributed by atoms with Gasteiger partial charge in [0, 0.05) is 14.0 Å². The summed E-state index contributed by atoms with van der Waals surface area (Å²) in [7, 11) is 1.16. The lowest BCUT2D eigenvalue weighted by Gasteiger charge is -2.44. The number of rotatable bonds is 12. The highest BCUT2D eigenvalue weighted by Crippen LogP contribution is 2.25. The number of aliphatic hydroxyl groups is 2. The van der Waals surface area contributed by atoms with Crippen molar-refractivity contribution in [3.05, 3.63) is 0 Å². The molecule has 3 N–H and O–H groups in total. The summed E-state index contributed by atoms with van der Waals surface area (Å²) in [5, 5.41) is 22.3. The Morgan fingerprint density at radius 3 is 2.43 bits per heavy atom. The molecule has 8 atom stereocenters. The highest BCUT2D eigenvalue weighted by atomic mass is 16.8. The minimum atomic E-state index is -1.71. The van der Waals surface area contributed by atoms with Gasteiger partial charge in [-0.05, 0) is 6.92 Å². The van der Waals surface area contributed by atoms with E-state index in [0.29, 0.717) is 6.29 Å². The second kappa shape index (κ2) is 11.8. The molecule has 1 rings (SSSR count). The van der Waals surface area contributed by atoms with Crippen LogP contribution in [0.25, 0.3) is 0 Å². The molecular weight excluding hydrogens is 382 g/mol. The maximum atomic E-state index is 11.5. The number of methoxy groups -OCH3 is 1. The monoisotopic (exact) mass is 407 g/mol. The van der Waals surface area contributed by atoms with Crippen molar-refractivity contribution in [3.8, 4) is 0 Å². The lowest BCUT2D eigenvalue weighted by atomic mass is 9.93. The van der Waals surface area contributed by atoms with Gasteiger partial charge in [0.05, 0.1) is 18.8 Å². The third-order valence-electron chi connectivity index (χ3n) is 4.05. The summed E-state index contributed by atoms with van der Waals surface area (Å²) in [6.07, 6.45) is -8.54. The molecule has 28 heavy (non-hydrogen) atoms. The normalized spacial score (nSPS) is 30.5. The van der Waals surface area contributed by atoms with Gasteiger partial charge in [-0.1, -0.05) is 0 Å². The number of aldehydes is 2. The highest BCUT2D eigenvalue weighted by Gasteiger charge is 2.46. The third-order valence-corrected chi connectivity index (χ3v) is 4.05. The largest absolute Gasteiger partial charge is 0.434 e. The lowest BCUT2D eigenvalue weighted by molar-refractivity contribution is -0.283. The van der Waals surface area contributed by atoms with E-state index in [1.807, 2.05) is 0 Å². The van der Waals surface area contributed by atoms with Crippen molar-refractivity contribution in [2.45, 2.75) is 63.0 Å². The van der Waals surface area contributed by atoms with Crippen LogP contribution in [-0.2, 0) is 42.9 Å². The highest BCUT2D eigenvalue weighted by molar-refractivity contribution is 5.73. The van der Waals surface area contributed by atoms with Crippen molar-refractivity contribution in [2.75, 3.05) is 13.7 Å². The fourth-order valence-corrected chi connectivity index (χ4v) is 2.74. The Bertz CT molecular complexity index is 531. The van der Waals surface area contributed by atoms with E-state index in [9.17, 15) is 29.4 Å². The molecule has 1 heterocycles. The van der Waals surface area contributed by atoms with Gasteiger partial charge in [-0.3, -0.25) is 14.4 Å². The molecule has 12 heteroatoms. The van der Waals surface area contributed by atoms with Crippen LogP contribution in [-0.4, -0.2) is 98.0 Å². The molecule has 0 aromatic rings. The first-order valence-electron chi connectivity index (χ1n) is 8.37. The second-order valence-corrected chi connectivity index (χ2v) is 5.96. The number of nitrogens with one attached hydrogen (secondary N) is 1. The molecule has 0 aromatic carbocycles. The van der Waals surface area contributed by atoms with Crippen molar-refractivity contribution < 1.29 is 53.1 Å². The third kappa shape index (κ3) is 6.29. The second-order valence-electron chi connectivity index (χ2n) is 5.96. The van der Waals surface area contributed by atoms with Gasteiger partial charge in [0.1, 0.15) is 18.3 Å². The molecule has 1 aliphatic rings. The molecule has 160 valence electrons. The maximum Gasteiger partial charge on any atom is 0.295 e. The number of carbonyl (C=O) groups excluding carboxylic acids is 4. The van der Waals surface area contributed by atoms with Crippen LogP contribution in [0, 0.1) is 0 Å². The van der Waals surface area contributed by atoms with E-state index in [4.69, 9.17) is 18.9 Å². The first kappa shape index (κ1) is 24.1. The Morgan fingerprint density at radius 1 is 1.29 bits per heavy atom. The minimum Gasteiger partial charge on any atom is -0.434 e. The lowest BCUT2D eigenvalue weighted by Crippen LogP contribution is -2.64. The van der Waals surface area contributed by atoms with E-state index in [2.05, 4.69) is 10.1 Å².